The van der Waals surface area contributed by atoms with Gasteiger partial charge in [-0.25, -0.2) is 4.98 Å². The van der Waals surface area contributed by atoms with E-state index in [1.807, 2.05) is 65.6 Å². The van der Waals surface area contributed by atoms with Gasteiger partial charge in [0, 0.05) is 30.6 Å². The van der Waals surface area contributed by atoms with E-state index in [0.29, 0.717) is 0 Å². The van der Waals surface area contributed by atoms with Crippen LogP contribution in [0.1, 0.15) is 16.8 Å². The van der Waals surface area contributed by atoms with Crippen molar-refractivity contribution < 1.29 is 4.79 Å². The van der Waals surface area contributed by atoms with E-state index in [-0.39, 0.29) is 5.91 Å². The molecule has 26 heavy (non-hydrogen) atoms. The van der Waals surface area contributed by atoms with Crippen molar-refractivity contribution in [1.82, 2.24) is 14.8 Å². The number of pyridine rings is 1. The number of para-hydroxylation sites is 1. The lowest BCUT2D eigenvalue weighted by Crippen LogP contribution is -2.34. The average molecular weight is 345 g/mol. The van der Waals surface area contributed by atoms with Crippen LogP contribution in [0.3, 0.4) is 0 Å². The minimum atomic E-state index is 0.107. The number of carbonyl (C=O) groups excluding carboxylic acids is 1. The molecule has 4 heteroatoms. The van der Waals surface area contributed by atoms with Gasteiger partial charge in [0.2, 0.25) is 0 Å². The number of likely N-dealkylation sites (N-methyl/N-ethyl adjacent to an activating group) is 1. The van der Waals surface area contributed by atoms with Gasteiger partial charge in [-0.3, -0.25) is 4.79 Å². The molecule has 0 bridgehead atoms. The number of benzene rings is 2. The Labute approximate surface area is 154 Å². The number of rotatable bonds is 2. The molecule has 2 aromatic carbocycles. The number of amides is 1. The van der Waals surface area contributed by atoms with Gasteiger partial charge in [-0.2, -0.15) is 0 Å². The molecule has 0 saturated carbocycles. The standard InChI is InChI=1S/C22H23N3O/c1-24-12-7-13-25(15-14-24)22(26)19-16-21(17-8-3-2-4-9-17)23-20-11-6-5-10-18(19)20/h2-6,8-11,16H,7,12-15H2,1H3. The van der Waals surface area contributed by atoms with Crippen molar-refractivity contribution in [2.24, 2.45) is 0 Å². The van der Waals surface area contributed by atoms with E-state index in [9.17, 15) is 4.79 Å². The third-order valence-corrected chi connectivity index (χ3v) is 5.02. The Morgan fingerprint density at radius 3 is 2.54 bits per heavy atom. The molecule has 1 aliphatic rings. The van der Waals surface area contributed by atoms with E-state index in [4.69, 9.17) is 4.98 Å². The molecule has 1 amide bonds. The molecule has 1 fully saturated rings. The van der Waals surface area contributed by atoms with Crippen LogP contribution in [0.15, 0.2) is 60.7 Å². The first-order valence-corrected chi connectivity index (χ1v) is 9.15. The zero-order chi connectivity index (χ0) is 17.9. The maximum Gasteiger partial charge on any atom is 0.254 e. The van der Waals surface area contributed by atoms with Crippen molar-refractivity contribution in [3.8, 4) is 11.3 Å². The molecular weight excluding hydrogens is 322 g/mol. The van der Waals surface area contributed by atoms with Crippen LogP contribution < -0.4 is 0 Å². The maximum atomic E-state index is 13.3. The predicted molar refractivity (Wildman–Crippen MR) is 105 cm³/mol. The molecule has 1 saturated heterocycles. The van der Waals surface area contributed by atoms with Crippen molar-refractivity contribution in [2.45, 2.75) is 6.42 Å². The summed E-state index contributed by atoms with van der Waals surface area (Å²) in [5.74, 6) is 0.107. The second kappa shape index (κ2) is 7.26. The molecule has 1 aromatic heterocycles. The van der Waals surface area contributed by atoms with Crippen LogP contribution in [0.25, 0.3) is 22.2 Å². The maximum absolute atomic E-state index is 13.3. The zero-order valence-corrected chi connectivity index (χ0v) is 15.1. The molecule has 0 radical (unpaired) electrons. The highest BCUT2D eigenvalue weighted by molar-refractivity contribution is 6.07. The van der Waals surface area contributed by atoms with Gasteiger partial charge < -0.3 is 9.80 Å². The van der Waals surface area contributed by atoms with Crippen LogP contribution in [0.5, 0.6) is 0 Å². The molecule has 2 heterocycles. The Morgan fingerprint density at radius 1 is 0.923 bits per heavy atom. The van der Waals surface area contributed by atoms with Crippen LogP contribution >= 0.6 is 0 Å². The van der Waals surface area contributed by atoms with E-state index in [1.54, 1.807) is 0 Å². The van der Waals surface area contributed by atoms with Gasteiger partial charge in [-0.1, -0.05) is 48.5 Å². The molecule has 0 N–H and O–H groups in total. The second-order valence-electron chi connectivity index (χ2n) is 6.89. The molecule has 4 nitrogen and oxygen atoms in total. The van der Waals surface area contributed by atoms with Crippen molar-refractivity contribution in [2.75, 3.05) is 33.2 Å². The Balaban J connectivity index is 1.79. The highest BCUT2D eigenvalue weighted by Crippen LogP contribution is 2.26. The molecule has 3 aromatic rings. The van der Waals surface area contributed by atoms with Crippen LogP contribution in [0, 0.1) is 0 Å². The minimum Gasteiger partial charge on any atom is -0.337 e. The van der Waals surface area contributed by atoms with Gasteiger partial charge in [0.25, 0.3) is 5.91 Å². The molecule has 132 valence electrons. The number of hydrogen-bond acceptors (Lipinski definition) is 3. The number of fused-ring (bicyclic) bond motifs is 1. The molecule has 4 rings (SSSR count). The largest absolute Gasteiger partial charge is 0.337 e. The zero-order valence-electron chi connectivity index (χ0n) is 15.1. The SMILES string of the molecule is CN1CCCN(C(=O)c2cc(-c3ccccc3)nc3ccccc23)CC1. The van der Waals surface area contributed by atoms with Crippen molar-refractivity contribution in [3.05, 3.63) is 66.2 Å². The number of carbonyl (C=O) groups is 1. The summed E-state index contributed by atoms with van der Waals surface area (Å²) in [6.45, 7) is 3.53. The lowest BCUT2D eigenvalue weighted by molar-refractivity contribution is 0.0765. The van der Waals surface area contributed by atoms with Crippen LogP contribution in [0.2, 0.25) is 0 Å². The number of aromatic nitrogens is 1. The number of hydrogen-bond donors (Lipinski definition) is 0. The summed E-state index contributed by atoms with van der Waals surface area (Å²) in [6, 6.07) is 19.9. The van der Waals surface area contributed by atoms with Gasteiger partial charge in [0.05, 0.1) is 16.8 Å². The van der Waals surface area contributed by atoms with E-state index in [1.165, 1.54) is 0 Å². The summed E-state index contributed by atoms with van der Waals surface area (Å²) in [7, 11) is 2.11. The second-order valence-corrected chi connectivity index (χ2v) is 6.89. The molecule has 0 spiro atoms. The third-order valence-electron chi connectivity index (χ3n) is 5.02. The quantitative estimate of drug-likeness (QED) is 0.711. The molecular formula is C22H23N3O. The van der Waals surface area contributed by atoms with Gasteiger partial charge >= 0.3 is 0 Å². The number of nitrogens with zero attached hydrogens (tertiary/aromatic N) is 3. The van der Waals surface area contributed by atoms with E-state index < -0.39 is 0 Å². The van der Waals surface area contributed by atoms with E-state index >= 15 is 0 Å². The Hall–Kier alpha value is -2.72. The monoisotopic (exact) mass is 345 g/mol. The van der Waals surface area contributed by atoms with Crippen molar-refractivity contribution in [3.63, 3.8) is 0 Å². The molecule has 0 atom stereocenters. The minimum absolute atomic E-state index is 0.107. The smallest absolute Gasteiger partial charge is 0.254 e. The first-order valence-electron chi connectivity index (χ1n) is 9.15. The Kier molecular flexibility index (Phi) is 4.67. The first kappa shape index (κ1) is 16.7. The summed E-state index contributed by atoms with van der Waals surface area (Å²) >= 11 is 0. The normalized spacial score (nSPS) is 15.8. The summed E-state index contributed by atoms with van der Waals surface area (Å²) in [6.07, 6.45) is 1.01. The predicted octanol–water partition coefficient (Wildman–Crippen LogP) is 3.68. The average Bonchev–Trinajstić information content (AvgIpc) is 2.92. The van der Waals surface area contributed by atoms with Crippen molar-refractivity contribution >= 4 is 16.8 Å². The third kappa shape index (κ3) is 3.33. The van der Waals surface area contributed by atoms with Crippen molar-refractivity contribution in [1.29, 1.82) is 0 Å². The highest BCUT2D eigenvalue weighted by atomic mass is 16.2. The van der Waals surface area contributed by atoms with E-state index in [0.717, 1.165) is 60.3 Å². The molecule has 0 unspecified atom stereocenters. The van der Waals surface area contributed by atoms with Crippen LogP contribution in [0.4, 0.5) is 0 Å². The summed E-state index contributed by atoms with van der Waals surface area (Å²) in [5.41, 5.74) is 3.49. The molecule has 1 aliphatic heterocycles. The van der Waals surface area contributed by atoms with E-state index in [2.05, 4.69) is 11.9 Å². The van der Waals surface area contributed by atoms with Crippen LogP contribution in [-0.4, -0.2) is 53.9 Å². The lowest BCUT2D eigenvalue weighted by atomic mass is 10.0. The fourth-order valence-electron chi connectivity index (χ4n) is 3.53. The Bertz CT molecular complexity index is 923. The topological polar surface area (TPSA) is 36.4 Å². The summed E-state index contributed by atoms with van der Waals surface area (Å²) < 4.78 is 0. The summed E-state index contributed by atoms with van der Waals surface area (Å²) in [4.78, 5) is 22.4. The lowest BCUT2D eigenvalue weighted by Gasteiger charge is -2.22. The van der Waals surface area contributed by atoms with Gasteiger partial charge in [0.15, 0.2) is 0 Å². The summed E-state index contributed by atoms with van der Waals surface area (Å²) in [5, 5.41) is 0.926. The van der Waals surface area contributed by atoms with Gasteiger partial charge in [-0.05, 0) is 32.1 Å². The van der Waals surface area contributed by atoms with Crippen LogP contribution in [-0.2, 0) is 0 Å². The fourth-order valence-corrected chi connectivity index (χ4v) is 3.53. The van der Waals surface area contributed by atoms with Gasteiger partial charge in [-0.15, -0.1) is 0 Å². The first-order chi connectivity index (χ1) is 12.7. The van der Waals surface area contributed by atoms with Gasteiger partial charge in [0.1, 0.15) is 0 Å². The Morgan fingerprint density at radius 2 is 1.69 bits per heavy atom. The fraction of sp³-hybridized carbons (Fsp3) is 0.273. The molecule has 0 aliphatic carbocycles. The highest BCUT2D eigenvalue weighted by Gasteiger charge is 2.21.